The number of carbonyl (C=O) groups excluding carboxylic acids is 1. The third kappa shape index (κ3) is 7.30. The van der Waals surface area contributed by atoms with Gasteiger partial charge in [-0.15, -0.1) is 0 Å². The number of carbonyl (C=O) groups is 1. The van der Waals surface area contributed by atoms with E-state index < -0.39 is 0 Å². The highest BCUT2D eigenvalue weighted by Crippen LogP contribution is 2.27. The summed E-state index contributed by atoms with van der Waals surface area (Å²) in [5.74, 6) is 1.50. The molecule has 2 aromatic carbocycles. The number of hydrogen-bond acceptors (Lipinski definition) is 6. The first-order chi connectivity index (χ1) is 14.0. The number of thiocarbonyl (C=S) groups is 1. The van der Waals surface area contributed by atoms with Gasteiger partial charge in [-0.25, -0.2) is 0 Å². The number of nitrogens with one attached hydrogen (secondary N) is 3. The summed E-state index contributed by atoms with van der Waals surface area (Å²) in [4.78, 5) is 11.5. The van der Waals surface area contributed by atoms with Crippen LogP contribution in [0.15, 0.2) is 47.6 Å². The number of hydrogen-bond donors (Lipinski definition) is 3. The summed E-state index contributed by atoms with van der Waals surface area (Å²) < 4.78 is 16.0. The second-order valence-electron chi connectivity index (χ2n) is 5.71. The summed E-state index contributed by atoms with van der Waals surface area (Å²) in [6, 6.07) is 12.6. The first-order valence-electron chi connectivity index (χ1n) is 8.87. The van der Waals surface area contributed by atoms with E-state index in [4.69, 9.17) is 26.4 Å². The molecule has 29 heavy (non-hydrogen) atoms. The molecule has 0 aromatic heterocycles. The third-order valence-electron chi connectivity index (χ3n) is 3.63. The molecule has 2 rings (SSSR count). The summed E-state index contributed by atoms with van der Waals surface area (Å²) in [6.45, 7) is 2.32. The summed E-state index contributed by atoms with van der Waals surface area (Å²) in [5.41, 5.74) is 4.30. The Balaban J connectivity index is 1.92. The van der Waals surface area contributed by atoms with E-state index in [2.05, 4.69) is 21.2 Å². The van der Waals surface area contributed by atoms with Crippen molar-refractivity contribution in [3.05, 3.63) is 48.0 Å². The molecule has 0 radical (unpaired) electrons. The molecule has 0 bridgehead atoms. The third-order valence-corrected chi connectivity index (χ3v) is 3.82. The zero-order chi connectivity index (χ0) is 21.1. The van der Waals surface area contributed by atoms with Crippen molar-refractivity contribution < 1.29 is 19.0 Å². The Morgan fingerprint density at radius 1 is 1.14 bits per heavy atom. The molecular formula is C20H24N4O4S. The molecule has 3 N–H and O–H groups in total. The highest BCUT2D eigenvalue weighted by atomic mass is 32.1. The second kappa shape index (κ2) is 11.5. The van der Waals surface area contributed by atoms with E-state index in [0.717, 1.165) is 17.0 Å². The SMILES string of the molecule is CCNC(=O)COc1ccc(/C=N\NC(=S)Nc2cccc(OC)c2)cc1OC. The summed E-state index contributed by atoms with van der Waals surface area (Å²) in [5, 5.41) is 10.1. The maximum atomic E-state index is 11.5. The fraction of sp³-hybridized carbons (Fsp3) is 0.250. The van der Waals surface area contributed by atoms with Crippen LogP contribution in [0, 0.1) is 0 Å². The topological polar surface area (TPSA) is 93.2 Å². The van der Waals surface area contributed by atoms with Crippen molar-refractivity contribution in [1.29, 1.82) is 0 Å². The molecule has 0 saturated heterocycles. The van der Waals surface area contributed by atoms with E-state index >= 15 is 0 Å². The van der Waals surface area contributed by atoms with Crippen LogP contribution in [0.3, 0.4) is 0 Å². The Hall–Kier alpha value is -3.33. The van der Waals surface area contributed by atoms with Crippen LogP contribution in [0.2, 0.25) is 0 Å². The number of anilines is 1. The van der Waals surface area contributed by atoms with E-state index in [1.165, 1.54) is 7.11 Å². The van der Waals surface area contributed by atoms with Gasteiger partial charge in [0.05, 0.1) is 20.4 Å². The van der Waals surface area contributed by atoms with Crippen LogP contribution in [0.1, 0.15) is 12.5 Å². The lowest BCUT2D eigenvalue weighted by Crippen LogP contribution is -2.28. The summed E-state index contributed by atoms with van der Waals surface area (Å²) in [6.07, 6.45) is 1.59. The van der Waals surface area contributed by atoms with Crippen molar-refractivity contribution in [2.24, 2.45) is 5.10 Å². The van der Waals surface area contributed by atoms with Crippen LogP contribution in [-0.4, -0.2) is 44.6 Å². The second-order valence-corrected chi connectivity index (χ2v) is 6.12. The molecule has 0 fully saturated rings. The van der Waals surface area contributed by atoms with Crippen LogP contribution >= 0.6 is 12.2 Å². The van der Waals surface area contributed by atoms with Crippen molar-refractivity contribution in [3.63, 3.8) is 0 Å². The summed E-state index contributed by atoms with van der Waals surface area (Å²) >= 11 is 5.22. The van der Waals surface area contributed by atoms with Crippen LogP contribution in [-0.2, 0) is 4.79 Å². The highest BCUT2D eigenvalue weighted by Gasteiger charge is 2.08. The van der Waals surface area contributed by atoms with E-state index in [1.54, 1.807) is 31.5 Å². The Kier molecular flexibility index (Phi) is 8.71. The van der Waals surface area contributed by atoms with Crippen LogP contribution in [0.25, 0.3) is 0 Å². The van der Waals surface area contributed by atoms with E-state index in [9.17, 15) is 4.79 Å². The molecule has 8 nitrogen and oxygen atoms in total. The molecule has 0 aliphatic heterocycles. The molecule has 0 atom stereocenters. The average Bonchev–Trinajstić information content (AvgIpc) is 2.73. The lowest BCUT2D eigenvalue weighted by molar-refractivity contribution is -0.123. The lowest BCUT2D eigenvalue weighted by atomic mass is 10.2. The fourth-order valence-corrected chi connectivity index (χ4v) is 2.47. The van der Waals surface area contributed by atoms with E-state index in [1.807, 2.05) is 31.2 Å². The Morgan fingerprint density at radius 3 is 2.69 bits per heavy atom. The van der Waals surface area contributed by atoms with Gasteiger partial charge in [0.1, 0.15) is 5.75 Å². The largest absolute Gasteiger partial charge is 0.497 e. The minimum Gasteiger partial charge on any atom is -0.497 e. The number of rotatable bonds is 9. The molecular weight excluding hydrogens is 392 g/mol. The van der Waals surface area contributed by atoms with Crippen molar-refractivity contribution >= 4 is 35.1 Å². The van der Waals surface area contributed by atoms with Gasteiger partial charge in [0, 0.05) is 18.3 Å². The first kappa shape index (κ1) is 22.0. The predicted molar refractivity (Wildman–Crippen MR) is 117 cm³/mol. The fourth-order valence-electron chi connectivity index (χ4n) is 2.30. The van der Waals surface area contributed by atoms with Gasteiger partial charge in [-0.3, -0.25) is 10.2 Å². The maximum absolute atomic E-state index is 11.5. The predicted octanol–water partition coefficient (Wildman–Crippen LogP) is 2.54. The zero-order valence-corrected chi connectivity index (χ0v) is 17.3. The standard InChI is InChI=1S/C20H24N4O4S/c1-4-21-19(25)13-28-17-9-8-14(10-18(17)27-3)12-22-24-20(29)23-15-6-5-7-16(11-15)26-2/h5-12H,4,13H2,1-3H3,(H,21,25)(H2,23,24,29)/b22-12-. The molecule has 0 aliphatic carbocycles. The molecule has 2 aromatic rings. The van der Waals surface area contributed by atoms with Crippen molar-refractivity contribution in [2.75, 3.05) is 32.7 Å². The van der Waals surface area contributed by atoms with Gasteiger partial charge in [-0.1, -0.05) is 6.07 Å². The Bertz CT molecular complexity index is 873. The number of nitrogens with zero attached hydrogens (tertiary/aromatic N) is 1. The van der Waals surface area contributed by atoms with Crippen LogP contribution in [0.4, 0.5) is 5.69 Å². The van der Waals surface area contributed by atoms with Gasteiger partial charge in [0.25, 0.3) is 5.91 Å². The quantitative estimate of drug-likeness (QED) is 0.329. The molecule has 0 saturated carbocycles. The van der Waals surface area contributed by atoms with Gasteiger partial charge >= 0.3 is 0 Å². The number of hydrazone groups is 1. The van der Waals surface area contributed by atoms with Crippen molar-refractivity contribution in [2.45, 2.75) is 6.92 Å². The van der Waals surface area contributed by atoms with E-state index in [-0.39, 0.29) is 12.5 Å². The minimum atomic E-state index is -0.193. The first-order valence-corrected chi connectivity index (χ1v) is 9.28. The average molecular weight is 417 g/mol. The van der Waals surface area contributed by atoms with Crippen molar-refractivity contribution in [3.8, 4) is 17.2 Å². The highest BCUT2D eigenvalue weighted by molar-refractivity contribution is 7.80. The van der Waals surface area contributed by atoms with E-state index in [0.29, 0.717) is 23.2 Å². The van der Waals surface area contributed by atoms with Crippen LogP contribution in [0.5, 0.6) is 17.2 Å². The molecule has 0 aliphatic rings. The molecule has 0 unspecified atom stereocenters. The monoisotopic (exact) mass is 416 g/mol. The Labute approximate surface area is 175 Å². The molecule has 1 amide bonds. The number of methoxy groups -OCH3 is 2. The maximum Gasteiger partial charge on any atom is 0.257 e. The smallest absolute Gasteiger partial charge is 0.257 e. The van der Waals surface area contributed by atoms with Crippen LogP contribution < -0.4 is 30.3 Å². The molecule has 0 spiro atoms. The lowest BCUT2D eigenvalue weighted by Gasteiger charge is -2.11. The van der Waals surface area contributed by atoms with Crippen molar-refractivity contribution in [1.82, 2.24) is 10.7 Å². The number of ether oxygens (including phenoxy) is 3. The van der Waals surface area contributed by atoms with Gasteiger partial charge in [-0.05, 0) is 55.0 Å². The molecule has 0 heterocycles. The number of benzene rings is 2. The number of likely N-dealkylation sites (N-methyl/N-ethyl adjacent to an activating group) is 1. The van der Waals surface area contributed by atoms with Gasteiger partial charge in [0.15, 0.2) is 23.2 Å². The summed E-state index contributed by atoms with van der Waals surface area (Å²) in [7, 11) is 3.13. The Morgan fingerprint density at radius 2 is 1.97 bits per heavy atom. The van der Waals surface area contributed by atoms with Gasteiger partial charge < -0.3 is 24.8 Å². The normalized spacial score (nSPS) is 10.3. The zero-order valence-electron chi connectivity index (χ0n) is 16.5. The molecule has 154 valence electrons. The van der Waals surface area contributed by atoms with Gasteiger partial charge in [0.2, 0.25) is 0 Å². The van der Waals surface area contributed by atoms with Gasteiger partial charge in [-0.2, -0.15) is 5.10 Å². The number of amides is 1. The molecule has 9 heteroatoms. The minimum absolute atomic E-state index is 0.0800.